The van der Waals surface area contributed by atoms with Crippen molar-refractivity contribution >= 4 is 76.7 Å². The van der Waals surface area contributed by atoms with E-state index in [0.717, 1.165) is 22.3 Å². The van der Waals surface area contributed by atoms with Crippen LogP contribution in [0.4, 0.5) is 0 Å². The van der Waals surface area contributed by atoms with Crippen LogP contribution in [0.1, 0.15) is 22.8 Å². The fourth-order valence-corrected chi connectivity index (χ4v) is 9.00. The van der Waals surface area contributed by atoms with Crippen molar-refractivity contribution in [1.82, 2.24) is 9.97 Å². The molecule has 13 nitrogen and oxygen atoms in total. The molecule has 0 aliphatic carbocycles. The van der Waals surface area contributed by atoms with E-state index in [1.807, 2.05) is 78.9 Å². The molecular weight excluding hydrogens is 825 g/mol. The van der Waals surface area contributed by atoms with Gasteiger partial charge in [0.25, 0.3) is 30.4 Å². The lowest BCUT2D eigenvalue weighted by molar-refractivity contribution is -0.378. The number of aromatic nitrogens is 4. The fraction of sp³-hybridized carbons (Fsp3) is 0. The summed E-state index contributed by atoms with van der Waals surface area (Å²) in [7, 11) is -13.4. The van der Waals surface area contributed by atoms with E-state index < -0.39 is 30.4 Å². The number of H-pyrrole nitrogens is 4. The van der Waals surface area contributed by atoms with Crippen molar-refractivity contribution in [3.8, 4) is 44.5 Å². The van der Waals surface area contributed by atoms with Gasteiger partial charge in [-0.2, -0.15) is 25.3 Å². The van der Waals surface area contributed by atoms with Gasteiger partial charge in [-0.1, -0.05) is 66.7 Å². The van der Waals surface area contributed by atoms with Gasteiger partial charge in [0.1, 0.15) is 0 Å². The molecule has 8 bridgehead atoms. The van der Waals surface area contributed by atoms with Gasteiger partial charge in [-0.15, -0.1) is 0 Å². The molecule has 4 aromatic carbocycles. The standard InChI is InChI=1S/C44H30N4O9S3/c49-58(50,51)30-12-6-27(7-13-30)42-35-20-18-33(45-35)41(26-4-2-1-3-5-26)34-19-21-36(46-34)43(28-8-14-31(15-9-28)59(52,53)54)38-23-25-40(48-38)44(39-24-22-37(42)47-39)29-10-16-32(17-11-29)60(55,56)57/h1-25,45,48H,(H,49,50,51)(H,52,53,54)(H,55,56,57)/p+2. The van der Waals surface area contributed by atoms with Crippen LogP contribution in [-0.2, 0) is 30.4 Å². The van der Waals surface area contributed by atoms with Crippen molar-refractivity contribution in [2.24, 2.45) is 0 Å². The largest absolute Gasteiger partial charge is 0.354 e. The first-order chi connectivity index (χ1) is 28.6. The molecule has 16 heteroatoms. The molecule has 2 aliphatic rings. The first-order valence-electron chi connectivity index (χ1n) is 18.2. The number of hydrogen-bond acceptors (Lipinski definition) is 6. The van der Waals surface area contributed by atoms with Crippen molar-refractivity contribution in [3.63, 3.8) is 0 Å². The summed E-state index contributed by atoms with van der Waals surface area (Å²) in [5.74, 6) is 0. The molecule has 0 fully saturated rings. The topological polar surface area (TPSA) is 223 Å². The first kappa shape index (κ1) is 38.7. The lowest BCUT2D eigenvalue weighted by Crippen LogP contribution is -2.09. The van der Waals surface area contributed by atoms with E-state index in [-0.39, 0.29) is 14.7 Å². The highest BCUT2D eigenvalue weighted by Crippen LogP contribution is 2.37. The molecule has 0 unspecified atom stereocenters. The van der Waals surface area contributed by atoms with Gasteiger partial charge in [0, 0.05) is 24.3 Å². The smallest absolute Gasteiger partial charge is 0.294 e. The van der Waals surface area contributed by atoms with Crippen LogP contribution < -0.4 is 9.97 Å². The summed E-state index contributed by atoms with van der Waals surface area (Å²) in [5, 5.41) is 0. The van der Waals surface area contributed by atoms with Crippen LogP contribution in [0.25, 0.3) is 90.9 Å². The van der Waals surface area contributed by atoms with Gasteiger partial charge in [0.05, 0.1) is 59.0 Å². The lowest BCUT2D eigenvalue weighted by atomic mass is 10.0. The molecular formula is C44H32N4O9S3+2. The second-order valence-electron chi connectivity index (χ2n) is 14.0. The average molecular weight is 857 g/mol. The molecule has 0 saturated heterocycles. The summed E-state index contributed by atoms with van der Waals surface area (Å²) in [6, 6.07) is 34.8. The Morgan fingerprint density at radius 3 is 0.833 bits per heavy atom. The van der Waals surface area contributed by atoms with Crippen LogP contribution in [0.3, 0.4) is 0 Å². The number of hydrogen-bond donors (Lipinski definition) is 5. The molecule has 0 radical (unpaired) electrons. The minimum absolute atomic E-state index is 0.265. The highest BCUT2D eigenvalue weighted by atomic mass is 32.2. The maximum atomic E-state index is 12.0. The third-order valence-electron chi connectivity index (χ3n) is 10.3. The van der Waals surface area contributed by atoms with Crippen LogP contribution in [0.15, 0.2) is 142 Å². The normalized spacial score (nSPS) is 12.8. The number of nitrogens with one attached hydrogen (secondary N) is 4. The average Bonchev–Trinajstić information content (AvgIpc) is 4.06. The Hall–Kier alpha value is -6.79. The van der Waals surface area contributed by atoms with Crippen LogP contribution in [0, 0.1) is 0 Å². The molecule has 7 aromatic rings. The Morgan fingerprint density at radius 1 is 0.333 bits per heavy atom. The van der Waals surface area contributed by atoms with E-state index in [2.05, 4.69) is 19.9 Å². The van der Waals surface area contributed by atoms with Gasteiger partial charge in [-0.3, -0.25) is 13.7 Å². The third kappa shape index (κ3) is 7.28. The predicted molar refractivity (Wildman–Crippen MR) is 228 cm³/mol. The molecule has 7 N–H and O–H groups in total. The minimum atomic E-state index is -4.49. The second-order valence-corrected chi connectivity index (χ2v) is 18.3. The zero-order valence-electron chi connectivity index (χ0n) is 30.9. The maximum absolute atomic E-state index is 12.0. The van der Waals surface area contributed by atoms with Crippen LogP contribution in [0.2, 0.25) is 0 Å². The third-order valence-corrected chi connectivity index (χ3v) is 12.9. The fourth-order valence-electron chi connectivity index (χ4n) is 7.56. The molecule has 0 spiro atoms. The van der Waals surface area contributed by atoms with Gasteiger partial charge in [0.2, 0.25) is 22.8 Å². The summed E-state index contributed by atoms with van der Waals surface area (Å²) in [5.41, 5.74) is 10.7. The quantitative estimate of drug-likeness (QED) is 0.0982. The molecule has 5 heterocycles. The van der Waals surface area contributed by atoms with Crippen molar-refractivity contribution in [1.29, 1.82) is 0 Å². The van der Waals surface area contributed by atoms with Crippen molar-refractivity contribution < 1.29 is 48.9 Å². The van der Waals surface area contributed by atoms with Gasteiger partial charge < -0.3 is 9.97 Å². The van der Waals surface area contributed by atoms with Crippen LogP contribution in [-0.4, -0.2) is 48.9 Å². The van der Waals surface area contributed by atoms with Gasteiger partial charge in [0.15, 0.2) is 0 Å². The van der Waals surface area contributed by atoms with Gasteiger partial charge in [-0.25, -0.2) is 9.97 Å². The minimum Gasteiger partial charge on any atom is -0.354 e. The molecule has 0 atom stereocenters. The molecule has 298 valence electrons. The van der Waals surface area contributed by atoms with Crippen molar-refractivity contribution in [2.75, 3.05) is 0 Å². The van der Waals surface area contributed by atoms with Crippen LogP contribution in [0.5, 0.6) is 0 Å². The van der Waals surface area contributed by atoms with Crippen molar-refractivity contribution in [3.05, 3.63) is 150 Å². The number of rotatable bonds is 7. The number of fused-ring (bicyclic) bond motifs is 8. The molecule has 0 saturated carbocycles. The Morgan fingerprint density at radius 2 is 0.583 bits per heavy atom. The molecule has 60 heavy (non-hydrogen) atoms. The SMILES string of the molecule is O=S(=O)(O)c1ccc(-c2c3[nH+]c(c(-c4ccc(S(=O)(=O)O)cc4)c4ccc([nH]4)c(-c4ccc(S(=O)(=O)O)cc4)c4[nH+]c(c(-c5ccccc5)c5ccc2[nH]5)C=C4)C=C3)cc1. The monoisotopic (exact) mass is 856 g/mol. The van der Waals surface area contributed by atoms with E-state index in [0.29, 0.717) is 67.0 Å². The summed E-state index contributed by atoms with van der Waals surface area (Å²) in [6.45, 7) is 0. The Bertz CT molecular complexity index is 3400. The van der Waals surface area contributed by atoms with Gasteiger partial charge in [-0.05, 0) is 82.9 Å². The second kappa shape index (κ2) is 14.5. The predicted octanol–water partition coefficient (Wildman–Crippen LogP) is 7.90. The maximum Gasteiger partial charge on any atom is 0.294 e. The Labute approximate surface area is 343 Å². The van der Waals surface area contributed by atoms with E-state index in [9.17, 15) is 38.9 Å². The van der Waals surface area contributed by atoms with Gasteiger partial charge >= 0.3 is 0 Å². The summed E-state index contributed by atoms with van der Waals surface area (Å²) in [6.07, 6.45) is 7.57. The highest BCUT2D eigenvalue weighted by molar-refractivity contribution is 7.86. The molecule has 2 aliphatic heterocycles. The number of benzene rings is 4. The summed E-state index contributed by atoms with van der Waals surface area (Å²) < 4.78 is 101. The molecule has 3 aromatic heterocycles. The molecule has 0 amide bonds. The highest BCUT2D eigenvalue weighted by Gasteiger charge is 2.25. The zero-order valence-corrected chi connectivity index (χ0v) is 33.4. The lowest BCUT2D eigenvalue weighted by Gasteiger charge is -2.05. The summed E-state index contributed by atoms with van der Waals surface area (Å²) >= 11 is 0. The van der Waals surface area contributed by atoms with E-state index in [1.165, 1.54) is 36.4 Å². The Kier molecular flexibility index (Phi) is 9.35. The van der Waals surface area contributed by atoms with E-state index in [1.54, 1.807) is 36.4 Å². The van der Waals surface area contributed by atoms with Crippen molar-refractivity contribution in [2.45, 2.75) is 14.7 Å². The zero-order chi connectivity index (χ0) is 42.0. The van der Waals surface area contributed by atoms with E-state index >= 15 is 0 Å². The first-order valence-corrected chi connectivity index (χ1v) is 22.5. The Balaban J connectivity index is 1.44. The summed E-state index contributed by atoms with van der Waals surface area (Å²) in [4.78, 5) is 13.5. The van der Waals surface area contributed by atoms with Crippen LogP contribution >= 0.6 is 0 Å². The number of aromatic amines is 4. The van der Waals surface area contributed by atoms with E-state index in [4.69, 9.17) is 0 Å². The molecule has 9 rings (SSSR count).